The summed E-state index contributed by atoms with van der Waals surface area (Å²) in [6.45, 7) is 0.216. The highest BCUT2D eigenvalue weighted by molar-refractivity contribution is 7.88. The molecule has 2 heterocycles. The predicted octanol–water partition coefficient (Wildman–Crippen LogP) is 2.08. The zero-order chi connectivity index (χ0) is 24.5. The zero-order valence-electron chi connectivity index (χ0n) is 19.5. The molecule has 0 spiro atoms. The Labute approximate surface area is 200 Å². The van der Waals surface area contributed by atoms with Crippen LogP contribution in [0, 0.1) is 0 Å². The van der Waals surface area contributed by atoms with Gasteiger partial charge in [-0.25, -0.2) is 30.8 Å². The van der Waals surface area contributed by atoms with Crippen molar-refractivity contribution in [2.24, 2.45) is 0 Å². The minimum atomic E-state index is -3.29. The van der Waals surface area contributed by atoms with E-state index in [1.54, 1.807) is 13.2 Å². The Bertz CT molecular complexity index is 1380. The molecule has 12 heteroatoms. The molecule has 0 atom stereocenters. The second kappa shape index (κ2) is 9.61. The summed E-state index contributed by atoms with van der Waals surface area (Å²) in [6, 6.07) is 9.73. The average molecular weight is 507 g/mol. The monoisotopic (exact) mass is 506 g/mol. The molecule has 0 bridgehead atoms. The van der Waals surface area contributed by atoms with E-state index in [1.807, 2.05) is 41.1 Å². The van der Waals surface area contributed by atoms with Gasteiger partial charge < -0.3 is 9.88 Å². The summed E-state index contributed by atoms with van der Waals surface area (Å²) in [6.07, 6.45) is 9.24. The third kappa shape index (κ3) is 5.74. The van der Waals surface area contributed by atoms with Gasteiger partial charge in [-0.05, 0) is 49.4 Å². The molecule has 10 nitrogen and oxygen atoms in total. The molecular formula is C22H30N6O4S2. The van der Waals surface area contributed by atoms with Crippen LogP contribution in [0.2, 0.25) is 0 Å². The minimum absolute atomic E-state index is 0.0259. The molecule has 1 fully saturated rings. The highest BCUT2D eigenvalue weighted by Gasteiger charge is 2.28. The molecule has 0 unspecified atom stereocenters. The van der Waals surface area contributed by atoms with Crippen molar-refractivity contribution in [1.29, 1.82) is 0 Å². The number of hydrogen-bond acceptors (Lipinski definition) is 7. The maximum atomic E-state index is 11.8. The Kier molecular flexibility index (Phi) is 6.94. The lowest BCUT2D eigenvalue weighted by molar-refractivity contribution is 0.276. The number of nitrogens with zero attached hydrogens (tertiary/aromatic N) is 4. The zero-order valence-corrected chi connectivity index (χ0v) is 21.1. The van der Waals surface area contributed by atoms with E-state index in [4.69, 9.17) is 4.98 Å². The third-order valence-electron chi connectivity index (χ3n) is 6.30. The Hall–Kier alpha value is -2.54. The molecule has 1 aliphatic carbocycles. The predicted molar refractivity (Wildman–Crippen MR) is 133 cm³/mol. The van der Waals surface area contributed by atoms with Crippen LogP contribution >= 0.6 is 0 Å². The average Bonchev–Trinajstić information content (AvgIpc) is 3.22. The van der Waals surface area contributed by atoms with Crippen LogP contribution in [0.5, 0.6) is 0 Å². The fourth-order valence-corrected chi connectivity index (χ4v) is 5.55. The van der Waals surface area contributed by atoms with Crippen molar-refractivity contribution in [3.8, 4) is 5.82 Å². The van der Waals surface area contributed by atoms with Gasteiger partial charge in [-0.2, -0.15) is 4.98 Å². The van der Waals surface area contributed by atoms with Crippen molar-refractivity contribution in [1.82, 2.24) is 23.6 Å². The maximum Gasteiger partial charge on any atom is 0.224 e. The molecule has 184 valence electrons. The van der Waals surface area contributed by atoms with Gasteiger partial charge in [0.2, 0.25) is 26.0 Å². The number of rotatable bonds is 8. The number of nitrogens with one attached hydrogen (secondary N) is 2. The summed E-state index contributed by atoms with van der Waals surface area (Å²) >= 11 is 0. The van der Waals surface area contributed by atoms with Gasteiger partial charge in [0.25, 0.3) is 0 Å². The van der Waals surface area contributed by atoms with Gasteiger partial charge in [-0.3, -0.25) is 0 Å². The lowest BCUT2D eigenvalue weighted by atomic mass is 9.91. The summed E-state index contributed by atoms with van der Waals surface area (Å²) in [5.74, 6) is 1.22. The Morgan fingerprint density at radius 2 is 1.79 bits per heavy atom. The van der Waals surface area contributed by atoms with Crippen LogP contribution in [0.1, 0.15) is 31.2 Å². The number of hydrogen-bond donors (Lipinski definition) is 2. The van der Waals surface area contributed by atoms with Crippen molar-refractivity contribution < 1.29 is 16.8 Å². The molecule has 34 heavy (non-hydrogen) atoms. The van der Waals surface area contributed by atoms with E-state index in [1.165, 1.54) is 10.6 Å². The summed E-state index contributed by atoms with van der Waals surface area (Å²) in [5.41, 5.74) is 1.80. The first-order valence-electron chi connectivity index (χ1n) is 11.1. The molecule has 0 aliphatic heterocycles. The van der Waals surface area contributed by atoms with E-state index in [-0.39, 0.29) is 18.6 Å². The van der Waals surface area contributed by atoms with E-state index in [0.29, 0.717) is 11.8 Å². The van der Waals surface area contributed by atoms with Gasteiger partial charge in [0.05, 0.1) is 18.0 Å². The van der Waals surface area contributed by atoms with Crippen LogP contribution < -0.4 is 10.0 Å². The van der Waals surface area contributed by atoms with E-state index in [2.05, 4.69) is 15.0 Å². The Morgan fingerprint density at radius 3 is 2.47 bits per heavy atom. The van der Waals surface area contributed by atoms with Crippen molar-refractivity contribution in [3.63, 3.8) is 0 Å². The fraction of sp³-hybridized carbons (Fsp3) is 0.455. The highest BCUT2D eigenvalue weighted by atomic mass is 32.2. The van der Waals surface area contributed by atoms with Gasteiger partial charge in [-0.15, -0.1) is 0 Å². The van der Waals surface area contributed by atoms with Gasteiger partial charge in [0.15, 0.2) is 0 Å². The fourth-order valence-electron chi connectivity index (χ4n) is 4.38. The Morgan fingerprint density at radius 1 is 1.06 bits per heavy atom. The quantitative estimate of drug-likeness (QED) is 0.479. The summed E-state index contributed by atoms with van der Waals surface area (Å²) in [5, 5.41) is 4.34. The number of sulfonamides is 2. The first kappa shape index (κ1) is 24.6. The number of fused-ring (bicyclic) bond motifs is 1. The molecule has 1 aromatic carbocycles. The molecule has 3 aromatic rings. The topological polar surface area (TPSA) is 126 Å². The van der Waals surface area contributed by atoms with Crippen LogP contribution in [0.3, 0.4) is 0 Å². The lowest BCUT2D eigenvalue weighted by Gasteiger charge is -2.33. The van der Waals surface area contributed by atoms with E-state index in [0.717, 1.165) is 48.4 Å². The van der Waals surface area contributed by atoms with Crippen LogP contribution in [-0.4, -0.2) is 67.3 Å². The van der Waals surface area contributed by atoms with Crippen LogP contribution in [0.25, 0.3) is 16.7 Å². The largest absolute Gasteiger partial charge is 0.351 e. The normalized spacial score (nSPS) is 19.5. The highest BCUT2D eigenvalue weighted by Crippen LogP contribution is 2.26. The molecular weight excluding hydrogens is 476 g/mol. The number of benzene rings is 1. The summed E-state index contributed by atoms with van der Waals surface area (Å²) < 4.78 is 52.6. The van der Waals surface area contributed by atoms with E-state index >= 15 is 0 Å². The SMILES string of the molecule is CN(C1CCC(Nc2nccc(-n3ccc4c(CNS(C)(=O)=O)cccc43)n2)CC1)S(C)(=O)=O. The van der Waals surface area contributed by atoms with E-state index < -0.39 is 20.0 Å². The van der Waals surface area contributed by atoms with Gasteiger partial charge >= 0.3 is 0 Å². The molecule has 4 rings (SSSR count). The minimum Gasteiger partial charge on any atom is -0.351 e. The first-order valence-corrected chi connectivity index (χ1v) is 14.8. The molecule has 2 N–H and O–H groups in total. The molecule has 0 amide bonds. The number of anilines is 1. The van der Waals surface area contributed by atoms with Crippen LogP contribution in [0.15, 0.2) is 42.7 Å². The third-order valence-corrected chi connectivity index (χ3v) is 8.32. The standard InChI is InChI=1S/C22H30N6O4S2/c1-27(34(3,31)32)18-9-7-17(8-10-18)25-22-23-13-11-21(26-22)28-14-12-19-16(5-4-6-20(19)28)15-24-33(2,29)30/h4-6,11-14,17-18,24H,7-10,15H2,1-3H3,(H,23,25,26). The second-order valence-electron chi connectivity index (χ2n) is 8.80. The molecule has 2 aromatic heterocycles. The molecule has 0 saturated heterocycles. The summed E-state index contributed by atoms with van der Waals surface area (Å²) in [7, 11) is -4.84. The first-order chi connectivity index (χ1) is 16.0. The smallest absolute Gasteiger partial charge is 0.224 e. The van der Waals surface area contributed by atoms with E-state index in [9.17, 15) is 16.8 Å². The van der Waals surface area contributed by atoms with Gasteiger partial charge in [0.1, 0.15) is 5.82 Å². The lowest BCUT2D eigenvalue weighted by Crippen LogP contribution is -2.41. The van der Waals surface area contributed by atoms with Crippen molar-refractivity contribution in [2.45, 2.75) is 44.3 Å². The van der Waals surface area contributed by atoms with Crippen LogP contribution in [0.4, 0.5) is 5.95 Å². The van der Waals surface area contributed by atoms with Gasteiger partial charge in [0, 0.05) is 43.5 Å². The summed E-state index contributed by atoms with van der Waals surface area (Å²) in [4.78, 5) is 9.06. The van der Waals surface area contributed by atoms with Crippen molar-refractivity contribution in [2.75, 3.05) is 24.9 Å². The van der Waals surface area contributed by atoms with Gasteiger partial charge in [-0.1, -0.05) is 12.1 Å². The van der Waals surface area contributed by atoms with Crippen LogP contribution in [-0.2, 0) is 26.6 Å². The molecule has 1 aliphatic rings. The maximum absolute atomic E-state index is 11.8. The molecule has 0 radical (unpaired) electrons. The molecule has 1 saturated carbocycles. The number of aromatic nitrogens is 3. The van der Waals surface area contributed by atoms with Crippen molar-refractivity contribution >= 4 is 36.9 Å². The Balaban J connectivity index is 1.48. The van der Waals surface area contributed by atoms with Crippen molar-refractivity contribution in [3.05, 3.63) is 48.3 Å². The second-order valence-corrected chi connectivity index (χ2v) is 12.7.